The summed E-state index contributed by atoms with van der Waals surface area (Å²) in [5, 5.41) is 6.30. The van der Waals surface area contributed by atoms with Crippen LogP contribution in [0.3, 0.4) is 0 Å². The fraction of sp³-hybridized carbons (Fsp3) is 0.778. The Kier molecular flexibility index (Phi) is 2.23. The minimum atomic E-state index is -0.441. The zero-order valence-corrected chi connectivity index (χ0v) is 9.28. The largest absolute Gasteiger partial charge is 0.348 e. The summed E-state index contributed by atoms with van der Waals surface area (Å²) in [5.74, 6) is 0.338. The molecule has 2 unspecified atom stereocenters. The van der Waals surface area contributed by atoms with Gasteiger partial charge in [0.1, 0.15) is 5.54 Å². The summed E-state index contributed by atoms with van der Waals surface area (Å²) >= 11 is 4.98. The van der Waals surface area contributed by atoms with E-state index in [-0.39, 0.29) is 5.91 Å². The van der Waals surface area contributed by atoms with Crippen LogP contribution in [0.15, 0.2) is 0 Å². The predicted octanol–water partition coefficient (Wildman–Crippen LogP) is -0.299. The minimum absolute atomic E-state index is 0.0445. The zero-order chi connectivity index (χ0) is 10.3. The van der Waals surface area contributed by atoms with Crippen molar-refractivity contribution < 1.29 is 4.79 Å². The molecule has 2 rings (SSSR count). The van der Waals surface area contributed by atoms with E-state index in [4.69, 9.17) is 12.2 Å². The van der Waals surface area contributed by atoms with E-state index >= 15 is 0 Å². The summed E-state index contributed by atoms with van der Waals surface area (Å²) in [6.07, 6.45) is 0.830. The Morgan fingerprint density at radius 2 is 2.36 bits per heavy atom. The molecule has 2 saturated heterocycles. The molecule has 0 saturated carbocycles. The number of nitrogens with one attached hydrogen (secondary N) is 2. The van der Waals surface area contributed by atoms with Gasteiger partial charge in [0.25, 0.3) is 5.91 Å². The lowest BCUT2D eigenvalue weighted by Gasteiger charge is -2.41. The van der Waals surface area contributed by atoms with Gasteiger partial charge in [-0.2, -0.15) is 0 Å². The van der Waals surface area contributed by atoms with Crippen molar-refractivity contribution in [3.8, 4) is 0 Å². The van der Waals surface area contributed by atoms with Gasteiger partial charge in [0.05, 0.1) is 0 Å². The van der Waals surface area contributed by atoms with Crippen molar-refractivity contribution in [2.24, 2.45) is 5.92 Å². The number of piperidine rings is 1. The van der Waals surface area contributed by atoms with Crippen LogP contribution in [0.4, 0.5) is 0 Å². The molecule has 0 aromatic carbocycles. The summed E-state index contributed by atoms with van der Waals surface area (Å²) < 4.78 is 0. The molecule has 1 amide bonds. The fourth-order valence-corrected chi connectivity index (χ4v) is 2.63. The number of carbonyl (C=O) groups excluding carboxylic acids is 1. The lowest BCUT2D eigenvalue weighted by Crippen LogP contribution is -2.59. The van der Waals surface area contributed by atoms with Crippen molar-refractivity contribution in [3.05, 3.63) is 0 Å². The Bertz CT molecular complexity index is 294. The first kappa shape index (κ1) is 9.86. The first-order valence-electron chi connectivity index (χ1n) is 4.87. The maximum Gasteiger partial charge on any atom is 0.252 e. The molecule has 2 heterocycles. The van der Waals surface area contributed by atoms with Crippen molar-refractivity contribution in [1.29, 1.82) is 0 Å². The molecule has 2 aliphatic rings. The molecule has 2 N–H and O–H groups in total. The monoisotopic (exact) mass is 213 g/mol. The van der Waals surface area contributed by atoms with Crippen molar-refractivity contribution in [1.82, 2.24) is 15.5 Å². The predicted molar refractivity (Wildman–Crippen MR) is 57.9 cm³/mol. The van der Waals surface area contributed by atoms with Gasteiger partial charge in [0.2, 0.25) is 0 Å². The summed E-state index contributed by atoms with van der Waals surface area (Å²) in [5.41, 5.74) is -0.441. The maximum atomic E-state index is 11.8. The third kappa shape index (κ3) is 1.31. The fourth-order valence-electron chi connectivity index (χ4n) is 2.36. The minimum Gasteiger partial charge on any atom is -0.348 e. The van der Waals surface area contributed by atoms with Crippen molar-refractivity contribution in [2.75, 3.05) is 20.1 Å². The summed E-state index contributed by atoms with van der Waals surface area (Å²) in [4.78, 5) is 14.0. The quantitative estimate of drug-likeness (QED) is 0.542. The standard InChI is InChI=1S/C9H15N3OS/c1-6-5-12(2)4-3-9(6)7(13)10-8(14)11-9/h6H,3-5H2,1-2H3,(H2,10,11,13,14). The summed E-state index contributed by atoms with van der Waals surface area (Å²) in [6, 6.07) is 0. The molecule has 2 atom stereocenters. The van der Waals surface area contributed by atoms with E-state index in [0.717, 1.165) is 19.5 Å². The summed E-state index contributed by atoms with van der Waals surface area (Å²) in [6.45, 7) is 3.96. The highest BCUT2D eigenvalue weighted by Gasteiger charge is 2.50. The number of hydrogen-bond acceptors (Lipinski definition) is 3. The SMILES string of the molecule is CC1CN(C)CCC12NC(=S)NC2=O. The van der Waals surface area contributed by atoms with Crippen LogP contribution in [0.5, 0.6) is 0 Å². The second kappa shape index (κ2) is 3.17. The molecule has 2 aliphatic heterocycles. The second-order valence-electron chi connectivity index (χ2n) is 4.29. The molecule has 78 valence electrons. The number of thiocarbonyl (C=S) groups is 1. The molecule has 2 fully saturated rings. The number of nitrogens with zero attached hydrogens (tertiary/aromatic N) is 1. The van der Waals surface area contributed by atoms with Gasteiger partial charge in [-0.3, -0.25) is 4.79 Å². The Hall–Kier alpha value is -0.680. The molecule has 0 aromatic rings. The number of amides is 1. The average Bonchev–Trinajstić information content (AvgIpc) is 2.37. The topological polar surface area (TPSA) is 44.4 Å². The third-order valence-electron chi connectivity index (χ3n) is 3.28. The molecule has 4 nitrogen and oxygen atoms in total. The molecular formula is C9H15N3OS. The number of hydrogen-bond donors (Lipinski definition) is 2. The van der Waals surface area contributed by atoms with Gasteiger partial charge in [0.15, 0.2) is 5.11 Å². The van der Waals surface area contributed by atoms with Crippen molar-refractivity contribution in [3.63, 3.8) is 0 Å². The lowest BCUT2D eigenvalue weighted by atomic mass is 9.79. The smallest absolute Gasteiger partial charge is 0.252 e. The van der Waals surface area contributed by atoms with E-state index < -0.39 is 5.54 Å². The summed E-state index contributed by atoms with van der Waals surface area (Å²) in [7, 11) is 2.08. The van der Waals surface area contributed by atoms with E-state index in [2.05, 4.69) is 29.5 Å². The molecule has 0 aliphatic carbocycles. The Morgan fingerprint density at radius 1 is 1.64 bits per heavy atom. The molecule has 1 spiro atoms. The van der Waals surface area contributed by atoms with Crippen LogP contribution in [0, 0.1) is 5.92 Å². The molecule has 5 heteroatoms. The second-order valence-corrected chi connectivity index (χ2v) is 4.70. The Labute approximate surface area is 89.0 Å². The van der Waals surface area contributed by atoms with Crippen LogP contribution >= 0.6 is 12.2 Å². The molecule has 14 heavy (non-hydrogen) atoms. The highest BCUT2D eigenvalue weighted by Crippen LogP contribution is 2.29. The number of likely N-dealkylation sites (tertiary alicyclic amines) is 1. The van der Waals surface area contributed by atoms with Crippen LogP contribution in [-0.4, -0.2) is 41.6 Å². The average molecular weight is 213 g/mol. The highest BCUT2D eigenvalue weighted by molar-refractivity contribution is 7.80. The molecular weight excluding hydrogens is 198 g/mol. The number of carbonyl (C=O) groups is 1. The number of rotatable bonds is 0. The normalized spacial score (nSPS) is 38.6. The van der Waals surface area contributed by atoms with Gasteiger partial charge < -0.3 is 15.5 Å². The first-order chi connectivity index (χ1) is 6.54. The van der Waals surface area contributed by atoms with Gasteiger partial charge in [0, 0.05) is 19.0 Å². The van der Waals surface area contributed by atoms with E-state index in [9.17, 15) is 4.79 Å². The van der Waals surface area contributed by atoms with E-state index in [1.54, 1.807) is 0 Å². The van der Waals surface area contributed by atoms with Crippen LogP contribution in [0.25, 0.3) is 0 Å². The molecule has 0 radical (unpaired) electrons. The van der Waals surface area contributed by atoms with Crippen LogP contribution in [0.2, 0.25) is 0 Å². The molecule has 0 bridgehead atoms. The zero-order valence-electron chi connectivity index (χ0n) is 8.46. The highest BCUT2D eigenvalue weighted by atomic mass is 32.1. The van der Waals surface area contributed by atoms with Crippen LogP contribution < -0.4 is 10.6 Å². The lowest BCUT2D eigenvalue weighted by molar-refractivity contribution is -0.127. The van der Waals surface area contributed by atoms with E-state index in [1.165, 1.54) is 0 Å². The Balaban J connectivity index is 2.23. The first-order valence-corrected chi connectivity index (χ1v) is 5.27. The Morgan fingerprint density at radius 3 is 2.86 bits per heavy atom. The van der Waals surface area contributed by atoms with Crippen LogP contribution in [-0.2, 0) is 4.79 Å². The van der Waals surface area contributed by atoms with Gasteiger partial charge in [-0.15, -0.1) is 0 Å². The van der Waals surface area contributed by atoms with Gasteiger partial charge in [-0.1, -0.05) is 6.92 Å². The van der Waals surface area contributed by atoms with E-state index in [1.807, 2.05) is 0 Å². The van der Waals surface area contributed by atoms with E-state index in [0.29, 0.717) is 11.0 Å². The molecule has 0 aromatic heterocycles. The van der Waals surface area contributed by atoms with Gasteiger partial charge >= 0.3 is 0 Å². The van der Waals surface area contributed by atoms with Crippen LogP contribution in [0.1, 0.15) is 13.3 Å². The van der Waals surface area contributed by atoms with Crippen molar-refractivity contribution >= 4 is 23.2 Å². The third-order valence-corrected chi connectivity index (χ3v) is 3.49. The van der Waals surface area contributed by atoms with Crippen molar-refractivity contribution in [2.45, 2.75) is 18.9 Å². The maximum absolute atomic E-state index is 11.8. The van der Waals surface area contributed by atoms with Gasteiger partial charge in [-0.25, -0.2) is 0 Å². The van der Waals surface area contributed by atoms with Gasteiger partial charge in [-0.05, 0) is 25.7 Å².